The highest BCUT2D eigenvalue weighted by Crippen LogP contribution is 2.41. The zero-order valence-electron chi connectivity index (χ0n) is 14.1. The summed E-state index contributed by atoms with van der Waals surface area (Å²) in [5.74, 6) is -0.560. The molecule has 7 heteroatoms. The Hall–Kier alpha value is -0.400. The normalized spacial score (nSPS) is 27.8. The Labute approximate surface area is 150 Å². The second-order valence-electron chi connectivity index (χ2n) is 7.38. The fraction of sp³-hybridized carbons (Fsp3) is 0.647. The number of nitrogens with one attached hydrogen (secondary N) is 1. The van der Waals surface area contributed by atoms with E-state index in [0.717, 1.165) is 0 Å². The van der Waals surface area contributed by atoms with Gasteiger partial charge in [0.1, 0.15) is 22.8 Å². The number of hydrogen-bond donors (Lipinski definition) is 2. The van der Waals surface area contributed by atoms with Crippen molar-refractivity contribution in [1.29, 1.82) is 0 Å². The Morgan fingerprint density at radius 3 is 2.46 bits per heavy atom. The summed E-state index contributed by atoms with van der Waals surface area (Å²) in [5, 5.41) is 11.0. The van der Waals surface area contributed by atoms with Gasteiger partial charge in [-0.15, -0.1) is 4.72 Å². The quantitative estimate of drug-likeness (QED) is 0.770. The molecule has 2 N–H and O–H groups in total. The van der Waals surface area contributed by atoms with Crippen LogP contribution in [-0.4, -0.2) is 26.2 Å². The third-order valence-corrected chi connectivity index (χ3v) is 6.23. The second kappa shape index (κ2) is 7.46. The predicted molar refractivity (Wildman–Crippen MR) is 93.5 cm³/mol. The highest BCUT2D eigenvalue weighted by molar-refractivity contribution is 7.90. The summed E-state index contributed by atoms with van der Waals surface area (Å²) in [7, 11) is 0. The molecule has 2 atom stereocenters. The van der Waals surface area contributed by atoms with Gasteiger partial charge in [0.25, 0.3) is 0 Å². The third kappa shape index (κ3) is 4.61. The minimum absolute atomic E-state index is 0.0661. The summed E-state index contributed by atoms with van der Waals surface area (Å²) in [6, 6.07) is 3.44. The van der Waals surface area contributed by atoms with Gasteiger partial charge < -0.3 is 9.66 Å². The molecule has 2 rings (SSSR count). The maximum absolute atomic E-state index is 13.5. The van der Waals surface area contributed by atoms with E-state index in [1.165, 1.54) is 18.2 Å². The van der Waals surface area contributed by atoms with Crippen molar-refractivity contribution < 1.29 is 18.4 Å². The van der Waals surface area contributed by atoms with Gasteiger partial charge >= 0.3 is 0 Å². The van der Waals surface area contributed by atoms with Crippen LogP contribution in [0.4, 0.5) is 8.78 Å². The molecule has 3 nitrogen and oxygen atoms in total. The minimum atomic E-state index is -1.46. The van der Waals surface area contributed by atoms with Crippen LogP contribution in [0.25, 0.3) is 0 Å². The van der Waals surface area contributed by atoms with Crippen molar-refractivity contribution in [3.8, 4) is 0 Å². The molecule has 1 aromatic rings. The lowest BCUT2D eigenvalue weighted by molar-refractivity contribution is -0.0408. The van der Waals surface area contributed by atoms with Crippen LogP contribution in [-0.2, 0) is 11.4 Å². The Morgan fingerprint density at radius 2 is 1.96 bits per heavy atom. The van der Waals surface area contributed by atoms with E-state index in [4.69, 9.17) is 11.6 Å². The molecule has 1 unspecified atom stereocenters. The van der Waals surface area contributed by atoms with Crippen LogP contribution in [0.3, 0.4) is 0 Å². The Bertz CT molecular complexity index is 574. The lowest BCUT2D eigenvalue weighted by atomic mass is 9.77. The van der Waals surface area contributed by atoms with Crippen LogP contribution in [0.1, 0.15) is 58.1 Å². The van der Waals surface area contributed by atoms with Gasteiger partial charge in [-0.05, 0) is 64.2 Å². The van der Waals surface area contributed by atoms with Crippen LogP contribution >= 0.6 is 11.6 Å². The molecule has 1 fully saturated rings. The number of hydrogen-bond acceptors (Lipinski definition) is 3. The van der Waals surface area contributed by atoms with E-state index in [2.05, 4.69) is 4.72 Å². The fourth-order valence-corrected chi connectivity index (χ4v) is 3.95. The first-order chi connectivity index (χ1) is 11.0. The SMILES string of the molecule is CC(C)(C)[S+]([O-])N[C@@H](c1ccc(F)c(Cl)c1)[C@]1(O)CC[C@@H](F)CC1. The smallest absolute Gasteiger partial charge is 0.141 e. The van der Waals surface area contributed by atoms with E-state index in [1.807, 2.05) is 20.8 Å². The average Bonchev–Trinajstić information content (AvgIpc) is 2.49. The number of rotatable bonds is 4. The van der Waals surface area contributed by atoms with E-state index in [1.54, 1.807) is 0 Å². The summed E-state index contributed by atoms with van der Waals surface area (Å²) in [4.78, 5) is 0. The molecule has 0 aromatic heterocycles. The predicted octanol–water partition coefficient (Wildman–Crippen LogP) is 4.22. The Morgan fingerprint density at radius 1 is 1.38 bits per heavy atom. The lowest BCUT2D eigenvalue weighted by Gasteiger charge is -2.41. The molecule has 0 heterocycles. The van der Waals surface area contributed by atoms with Crippen molar-refractivity contribution in [2.75, 3.05) is 0 Å². The Balaban J connectivity index is 2.35. The minimum Gasteiger partial charge on any atom is -0.598 e. The van der Waals surface area contributed by atoms with Crippen LogP contribution in [0, 0.1) is 5.82 Å². The molecule has 136 valence electrons. The van der Waals surface area contributed by atoms with Gasteiger partial charge in [-0.3, -0.25) is 0 Å². The second-order valence-corrected chi connectivity index (χ2v) is 9.79. The first-order valence-corrected chi connectivity index (χ1v) is 9.55. The van der Waals surface area contributed by atoms with Crippen molar-refractivity contribution in [1.82, 2.24) is 4.72 Å². The highest BCUT2D eigenvalue weighted by atomic mass is 35.5. The van der Waals surface area contributed by atoms with Crippen molar-refractivity contribution in [3.05, 3.63) is 34.6 Å². The van der Waals surface area contributed by atoms with Crippen LogP contribution < -0.4 is 4.72 Å². The van der Waals surface area contributed by atoms with Gasteiger partial charge in [0.15, 0.2) is 0 Å². The molecule has 0 amide bonds. The first-order valence-electron chi connectivity index (χ1n) is 8.02. The van der Waals surface area contributed by atoms with E-state index in [9.17, 15) is 18.4 Å². The van der Waals surface area contributed by atoms with Gasteiger partial charge in [-0.2, -0.15) is 0 Å². The van der Waals surface area contributed by atoms with E-state index < -0.39 is 39.7 Å². The highest BCUT2D eigenvalue weighted by Gasteiger charge is 2.45. The molecule has 1 saturated carbocycles. The summed E-state index contributed by atoms with van der Waals surface area (Å²) >= 11 is 4.41. The molecule has 0 radical (unpaired) electrons. The molecule has 1 aliphatic rings. The van der Waals surface area contributed by atoms with Crippen molar-refractivity contribution in [3.63, 3.8) is 0 Å². The van der Waals surface area contributed by atoms with Gasteiger partial charge in [-0.25, -0.2) is 8.78 Å². The molecule has 0 bridgehead atoms. The van der Waals surface area contributed by atoms with Crippen molar-refractivity contribution in [2.24, 2.45) is 0 Å². The fourth-order valence-electron chi connectivity index (χ4n) is 2.83. The summed E-state index contributed by atoms with van der Waals surface area (Å²) < 4.78 is 42.0. The molecule has 0 aliphatic heterocycles. The van der Waals surface area contributed by atoms with Crippen LogP contribution in [0.5, 0.6) is 0 Å². The van der Waals surface area contributed by atoms with Crippen LogP contribution in [0.2, 0.25) is 5.02 Å². The monoisotopic (exact) mass is 379 g/mol. The topological polar surface area (TPSA) is 55.3 Å². The molecule has 0 saturated heterocycles. The standard InChI is InChI=1S/C17H24ClF2NO2S/c1-16(2,3)24(23)21-15(11-4-5-14(20)13(18)10-11)17(22)8-6-12(19)7-9-17/h4-5,10,12,15,21-22H,6-9H2,1-3H3/t12-,15-,17+,24?/m0/s1. The average molecular weight is 380 g/mol. The van der Waals surface area contributed by atoms with Crippen molar-refractivity contribution >= 4 is 23.0 Å². The van der Waals surface area contributed by atoms with E-state index in [-0.39, 0.29) is 30.7 Å². The summed E-state index contributed by atoms with van der Waals surface area (Å²) in [6.45, 7) is 5.44. The van der Waals surface area contributed by atoms with Gasteiger partial charge in [-0.1, -0.05) is 17.7 Å². The van der Waals surface area contributed by atoms with Gasteiger partial charge in [0.05, 0.1) is 10.6 Å². The molecule has 1 aromatic carbocycles. The van der Waals surface area contributed by atoms with Gasteiger partial charge in [0, 0.05) is 11.4 Å². The number of aliphatic hydroxyl groups is 1. The third-order valence-electron chi connectivity index (χ3n) is 4.38. The molecule has 24 heavy (non-hydrogen) atoms. The number of halogens is 3. The number of alkyl halides is 1. The summed E-state index contributed by atoms with van der Waals surface area (Å²) in [5.41, 5.74) is -0.719. The largest absolute Gasteiger partial charge is 0.598 e. The molecular weight excluding hydrogens is 356 g/mol. The van der Waals surface area contributed by atoms with Gasteiger partial charge in [0.2, 0.25) is 0 Å². The van der Waals surface area contributed by atoms with Crippen molar-refractivity contribution in [2.45, 2.75) is 69.0 Å². The first kappa shape index (κ1) is 19.9. The molecular formula is C17H24ClF2NO2S. The lowest BCUT2D eigenvalue weighted by Crippen LogP contribution is -2.51. The maximum Gasteiger partial charge on any atom is 0.141 e. The van der Waals surface area contributed by atoms with E-state index in [0.29, 0.717) is 5.56 Å². The zero-order valence-corrected chi connectivity index (χ0v) is 15.7. The zero-order chi connectivity index (χ0) is 18.1. The Kier molecular flexibility index (Phi) is 6.19. The summed E-state index contributed by atoms with van der Waals surface area (Å²) in [6.07, 6.45) is 0.0258. The molecule has 1 aliphatic carbocycles. The molecule has 0 spiro atoms. The maximum atomic E-state index is 13.5. The number of benzene rings is 1. The van der Waals surface area contributed by atoms with Crippen LogP contribution in [0.15, 0.2) is 18.2 Å². The van der Waals surface area contributed by atoms with E-state index >= 15 is 0 Å².